The average Bonchev–Trinajstić information content (AvgIpc) is 2.66. The normalized spacial score (nSPS) is 37.0. The van der Waals surface area contributed by atoms with Crippen LogP contribution in [-0.2, 0) is 0 Å². The maximum atomic E-state index is 10.4. The molecule has 0 amide bonds. The van der Waals surface area contributed by atoms with Gasteiger partial charge in [0.25, 0.3) is 0 Å². The average molecular weight is 281 g/mol. The largest absolute Gasteiger partial charge is 0.393 e. The molecule has 0 spiro atoms. The summed E-state index contributed by atoms with van der Waals surface area (Å²) < 4.78 is 0. The third kappa shape index (κ3) is 4.21. The van der Waals surface area contributed by atoms with E-state index in [1.807, 2.05) is 0 Å². The van der Waals surface area contributed by atoms with Gasteiger partial charge >= 0.3 is 0 Å². The zero-order chi connectivity index (χ0) is 14.5. The maximum Gasteiger partial charge on any atom is 0.0580 e. The van der Waals surface area contributed by atoms with Crippen LogP contribution >= 0.6 is 0 Å². The summed E-state index contributed by atoms with van der Waals surface area (Å²) in [4.78, 5) is 2.71. The lowest BCUT2D eigenvalue weighted by atomic mass is 9.74. The van der Waals surface area contributed by atoms with Gasteiger partial charge < -0.3 is 10.0 Å². The molecule has 2 aliphatic rings. The second kappa shape index (κ2) is 7.79. The zero-order valence-electron chi connectivity index (χ0n) is 13.9. The van der Waals surface area contributed by atoms with Crippen molar-refractivity contribution < 1.29 is 5.11 Å². The van der Waals surface area contributed by atoms with E-state index in [2.05, 4.69) is 25.7 Å². The monoisotopic (exact) mass is 281 g/mol. The van der Waals surface area contributed by atoms with Crippen molar-refractivity contribution in [2.24, 2.45) is 17.8 Å². The van der Waals surface area contributed by atoms with E-state index in [0.717, 1.165) is 30.8 Å². The molecule has 1 aliphatic heterocycles. The number of nitrogens with zero attached hydrogens (tertiary/aromatic N) is 1. The Balaban J connectivity index is 1.94. The van der Waals surface area contributed by atoms with Gasteiger partial charge in [0.1, 0.15) is 0 Å². The van der Waals surface area contributed by atoms with E-state index in [0.29, 0.717) is 5.92 Å². The molecule has 0 aromatic rings. The van der Waals surface area contributed by atoms with Crippen molar-refractivity contribution in [3.8, 4) is 0 Å². The first-order chi connectivity index (χ1) is 9.61. The van der Waals surface area contributed by atoms with Crippen LogP contribution in [0.5, 0.6) is 0 Å². The number of aliphatic hydroxyl groups is 1. The summed E-state index contributed by atoms with van der Waals surface area (Å²) in [7, 11) is 0. The minimum atomic E-state index is -0.0502. The fraction of sp³-hybridized carbons (Fsp3) is 1.00. The zero-order valence-corrected chi connectivity index (χ0v) is 13.9. The summed E-state index contributed by atoms with van der Waals surface area (Å²) in [6.45, 7) is 9.43. The SMILES string of the molecule is CCC1CCCCCN1CC1CC(C(C)C)CCC1O. The topological polar surface area (TPSA) is 23.5 Å². The summed E-state index contributed by atoms with van der Waals surface area (Å²) in [5, 5.41) is 10.4. The molecule has 0 bridgehead atoms. The lowest BCUT2D eigenvalue weighted by Gasteiger charge is -2.40. The Morgan fingerprint density at radius 2 is 1.90 bits per heavy atom. The van der Waals surface area contributed by atoms with E-state index in [1.54, 1.807) is 0 Å². The van der Waals surface area contributed by atoms with Crippen LogP contribution in [0.15, 0.2) is 0 Å². The van der Waals surface area contributed by atoms with Gasteiger partial charge in [-0.25, -0.2) is 0 Å². The molecule has 2 fully saturated rings. The van der Waals surface area contributed by atoms with Crippen LogP contribution in [0.3, 0.4) is 0 Å². The lowest BCUT2D eigenvalue weighted by molar-refractivity contribution is 0.0107. The molecule has 2 nitrogen and oxygen atoms in total. The quantitative estimate of drug-likeness (QED) is 0.839. The number of rotatable bonds is 4. The molecule has 2 heteroatoms. The summed E-state index contributed by atoms with van der Waals surface area (Å²) in [5.41, 5.74) is 0. The second-order valence-electron chi connectivity index (χ2n) is 7.55. The molecule has 4 unspecified atom stereocenters. The molecule has 20 heavy (non-hydrogen) atoms. The van der Waals surface area contributed by atoms with Crippen molar-refractivity contribution in [2.75, 3.05) is 13.1 Å². The van der Waals surface area contributed by atoms with E-state index in [4.69, 9.17) is 0 Å². The Labute approximate surface area is 125 Å². The standard InChI is InChI=1S/C18H35NO/c1-4-17-8-6-5-7-11-19(17)13-16-12-15(14(2)3)9-10-18(16)20/h14-18,20H,4-13H2,1-3H3. The molecule has 1 N–H and O–H groups in total. The Morgan fingerprint density at radius 3 is 2.60 bits per heavy atom. The smallest absolute Gasteiger partial charge is 0.0580 e. The fourth-order valence-electron chi connectivity index (χ4n) is 4.33. The highest BCUT2D eigenvalue weighted by Gasteiger charge is 2.33. The number of hydrogen-bond acceptors (Lipinski definition) is 2. The first kappa shape index (κ1) is 16.3. The molecule has 1 heterocycles. The summed E-state index contributed by atoms with van der Waals surface area (Å²) in [5.74, 6) is 2.12. The minimum Gasteiger partial charge on any atom is -0.393 e. The number of likely N-dealkylation sites (tertiary alicyclic amines) is 1. The highest BCUT2D eigenvalue weighted by Crippen LogP contribution is 2.35. The van der Waals surface area contributed by atoms with Crippen LogP contribution in [0.1, 0.15) is 72.1 Å². The number of hydrogen-bond donors (Lipinski definition) is 1. The minimum absolute atomic E-state index is 0.0502. The summed E-state index contributed by atoms with van der Waals surface area (Å²) in [6.07, 6.45) is 10.2. The lowest BCUT2D eigenvalue weighted by Crippen LogP contribution is -2.43. The molecule has 2 rings (SSSR count). The summed E-state index contributed by atoms with van der Waals surface area (Å²) in [6, 6.07) is 0.768. The van der Waals surface area contributed by atoms with Gasteiger partial charge in [-0.2, -0.15) is 0 Å². The first-order valence-corrected chi connectivity index (χ1v) is 9.04. The van der Waals surface area contributed by atoms with Crippen molar-refractivity contribution >= 4 is 0 Å². The Bertz CT molecular complexity index is 279. The highest BCUT2D eigenvalue weighted by molar-refractivity contribution is 4.85. The molecule has 1 aliphatic carbocycles. The number of aliphatic hydroxyl groups excluding tert-OH is 1. The van der Waals surface area contributed by atoms with Crippen LogP contribution in [0, 0.1) is 17.8 Å². The molecule has 0 aromatic carbocycles. The van der Waals surface area contributed by atoms with Gasteiger partial charge in [0.05, 0.1) is 6.10 Å². The van der Waals surface area contributed by atoms with Crippen molar-refractivity contribution in [3.63, 3.8) is 0 Å². The van der Waals surface area contributed by atoms with Gasteiger partial charge in [0.15, 0.2) is 0 Å². The van der Waals surface area contributed by atoms with E-state index in [-0.39, 0.29) is 6.10 Å². The van der Waals surface area contributed by atoms with Crippen LogP contribution < -0.4 is 0 Å². The first-order valence-electron chi connectivity index (χ1n) is 9.04. The van der Waals surface area contributed by atoms with Gasteiger partial charge in [-0.05, 0) is 62.8 Å². The van der Waals surface area contributed by atoms with Gasteiger partial charge in [0, 0.05) is 12.6 Å². The van der Waals surface area contributed by atoms with Gasteiger partial charge in [0.2, 0.25) is 0 Å². The van der Waals surface area contributed by atoms with Crippen molar-refractivity contribution in [3.05, 3.63) is 0 Å². The van der Waals surface area contributed by atoms with Crippen molar-refractivity contribution in [1.29, 1.82) is 0 Å². The van der Waals surface area contributed by atoms with Gasteiger partial charge in [-0.1, -0.05) is 33.6 Å². The fourth-order valence-corrected chi connectivity index (χ4v) is 4.33. The van der Waals surface area contributed by atoms with Gasteiger partial charge in [-0.3, -0.25) is 0 Å². The van der Waals surface area contributed by atoms with Crippen LogP contribution in [0.2, 0.25) is 0 Å². The molecule has 1 saturated carbocycles. The molecule has 118 valence electrons. The van der Waals surface area contributed by atoms with Crippen LogP contribution in [-0.4, -0.2) is 35.2 Å². The molecule has 4 atom stereocenters. The Kier molecular flexibility index (Phi) is 6.35. The van der Waals surface area contributed by atoms with E-state index >= 15 is 0 Å². The second-order valence-corrected chi connectivity index (χ2v) is 7.55. The molecule has 1 saturated heterocycles. The Morgan fingerprint density at radius 1 is 1.10 bits per heavy atom. The van der Waals surface area contributed by atoms with Crippen molar-refractivity contribution in [1.82, 2.24) is 4.90 Å². The third-order valence-electron chi connectivity index (χ3n) is 5.87. The molecule has 0 radical (unpaired) electrons. The van der Waals surface area contributed by atoms with E-state index < -0.39 is 0 Å². The predicted octanol–water partition coefficient (Wildman–Crippen LogP) is 4.07. The van der Waals surface area contributed by atoms with Gasteiger partial charge in [-0.15, -0.1) is 0 Å². The van der Waals surface area contributed by atoms with Crippen molar-refractivity contribution in [2.45, 2.75) is 84.3 Å². The molecular formula is C18H35NO. The van der Waals surface area contributed by atoms with E-state index in [9.17, 15) is 5.11 Å². The summed E-state index contributed by atoms with van der Waals surface area (Å²) >= 11 is 0. The molecule has 0 aromatic heterocycles. The third-order valence-corrected chi connectivity index (χ3v) is 5.87. The highest BCUT2D eigenvalue weighted by atomic mass is 16.3. The van der Waals surface area contributed by atoms with Crippen LogP contribution in [0.25, 0.3) is 0 Å². The maximum absolute atomic E-state index is 10.4. The molecular weight excluding hydrogens is 246 g/mol. The van der Waals surface area contributed by atoms with Crippen LogP contribution in [0.4, 0.5) is 0 Å². The predicted molar refractivity (Wildman–Crippen MR) is 85.8 cm³/mol. The Hall–Kier alpha value is -0.0800. The van der Waals surface area contributed by atoms with E-state index in [1.165, 1.54) is 51.5 Å².